The molecule has 190 valence electrons. The predicted octanol–water partition coefficient (Wildman–Crippen LogP) is 11.4. The van der Waals surface area contributed by atoms with Gasteiger partial charge in [0, 0.05) is 10.9 Å². The number of para-hydroxylation sites is 1. The Morgan fingerprint density at radius 3 is 2.00 bits per heavy atom. The molecular weight excluding hydrogens is 496 g/mol. The number of hydrogen-bond donors (Lipinski definition) is 0. The first-order valence-corrected chi connectivity index (χ1v) is 13.7. The first-order valence-electron chi connectivity index (χ1n) is 16.2. The van der Waals surface area contributed by atoms with Crippen molar-refractivity contribution in [3.63, 3.8) is 0 Å². The molecule has 1 aliphatic heterocycles. The molecule has 0 unspecified atom stereocenters. The van der Waals surface area contributed by atoms with Crippen LogP contribution in [0.25, 0.3) is 76.5 Å². The fraction of sp³-hybridized carbons (Fsp3) is 0. The summed E-state index contributed by atoms with van der Waals surface area (Å²) in [5.74, 6) is 1.64. The van der Waals surface area contributed by atoms with Gasteiger partial charge in [0.25, 0.3) is 0 Å². The minimum atomic E-state index is -0.401. The van der Waals surface area contributed by atoms with Crippen LogP contribution in [0.2, 0.25) is 0 Å². The maximum Gasteiger partial charge on any atom is 0.135 e. The van der Waals surface area contributed by atoms with Crippen molar-refractivity contribution in [2.45, 2.75) is 0 Å². The number of benzene rings is 8. The largest absolute Gasteiger partial charge is 0.456 e. The second-order valence-electron chi connectivity index (χ2n) is 10.4. The number of rotatable bonds is 2. The molecule has 0 radical (unpaired) electrons. The van der Waals surface area contributed by atoms with Gasteiger partial charge in [-0.25, -0.2) is 0 Å². The summed E-state index contributed by atoms with van der Waals surface area (Å²) in [6.45, 7) is 0. The number of hydrogen-bond acceptors (Lipinski definition) is 1. The monoisotopic (exact) mass is 525 g/mol. The molecule has 1 nitrogen and oxygen atoms in total. The molecule has 0 bridgehead atoms. The summed E-state index contributed by atoms with van der Waals surface area (Å²) in [5.41, 5.74) is 5.07. The van der Waals surface area contributed by atoms with Gasteiger partial charge in [-0.2, -0.15) is 0 Å². The van der Waals surface area contributed by atoms with Crippen LogP contribution in [-0.4, -0.2) is 0 Å². The fourth-order valence-electron chi connectivity index (χ4n) is 6.67. The van der Waals surface area contributed by atoms with E-state index in [-0.39, 0.29) is 29.7 Å². The Bertz CT molecular complexity index is 2600. The van der Waals surface area contributed by atoms with E-state index in [9.17, 15) is 0 Å². The Balaban J connectivity index is 1.50. The van der Waals surface area contributed by atoms with Gasteiger partial charge in [-0.1, -0.05) is 127 Å². The summed E-state index contributed by atoms with van der Waals surface area (Å²) in [6, 6.07) is 37.4. The quantitative estimate of drug-likeness (QED) is 0.161. The maximum absolute atomic E-state index is 9.00. The second-order valence-corrected chi connectivity index (χ2v) is 10.4. The van der Waals surface area contributed by atoms with Gasteiger partial charge in [-0.15, -0.1) is 0 Å². The lowest BCUT2D eigenvalue weighted by Gasteiger charge is -2.24. The molecular formula is C40H24O. The fourth-order valence-corrected chi connectivity index (χ4v) is 6.67. The Labute approximate surface area is 244 Å². The molecule has 0 aromatic heterocycles. The van der Waals surface area contributed by atoms with E-state index in [1.54, 1.807) is 0 Å². The Morgan fingerprint density at radius 1 is 0.415 bits per heavy atom. The zero-order chi connectivity index (χ0) is 31.3. The van der Waals surface area contributed by atoms with Crippen molar-refractivity contribution in [2.75, 3.05) is 0 Å². The zero-order valence-corrected chi connectivity index (χ0v) is 21.9. The van der Waals surface area contributed by atoms with Crippen LogP contribution in [0.15, 0.2) is 145 Å². The maximum atomic E-state index is 9.00. The van der Waals surface area contributed by atoms with Gasteiger partial charge in [0.15, 0.2) is 0 Å². The van der Waals surface area contributed by atoms with Crippen molar-refractivity contribution in [1.29, 1.82) is 0 Å². The van der Waals surface area contributed by atoms with E-state index in [2.05, 4.69) is 54.6 Å². The van der Waals surface area contributed by atoms with Gasteiger partial charge in [0.1, 0.15) is 11.5 Å². The molecule has 0 aliphatic carbocycles. The molecule has 0 amide bonds. The van der Waals surface area contributed by atoms with Crippen LogP contribution < -0.4 is 4.74 Å². The van der Waals surface area contributed by atoms with Crippen molar-refractivity contribution >= 4 is 43.1 Å². The van der Waals surface area contributed by atoms with Crippen molar-refractivity contribution in [1.82, 2.24) is 0 Å². The average Bonchev–Trinajstić information content (AvgIpc) is 3.10. The zero-order valence-electron chi connectivity index (χ0n) is 26.9. The molecule has 9 rings (SSSR count). The molecule has 0 fully saturated rings. The van der Waals surface area contributed by atoms with Crippen molar-refractivity contribution < 1.29 is 11.6 Å². The highest BCUT2D eigenvalue weighted by atomic mass is 16.5. The first kappa shape index (κ1) is 18.0. The third kappa shape index (κ3) is 3.18. The van der Waals surface area contributed by atoms with E-state index in [0.717, 1.165) is 76.8 Å². The SMILES string of the molecule is [2H]c1c([2H])c([2H])c(-c2c3ccccc3c(-c3ccc4c5c(cccc35)-c3ccccc3O4)c3ccc4ccccc4c23)c([2H])c1[2H]. The molecule has 0 saturated carbocycles. The standard InChI is InChI=1S/C40H24O/c1-2-12-26(13-3-1)37-30-16-6-7-17-31(30)38(34-22-21-25-11-4-5-14-27(25)40(34)37)33-23-24-36-39-29(18-10-19-32(33)39)28-15-8-9-20-35(28)41-36/h1-24H/i1D,2D,3D,12D,13D. The highest BCUT2D eigenvalue weighted by Gasteiger charge is 2.24. The summed E-state index contributed by atoms with van der Waals surface area (Å²) in [5, 5.41) is 7.61. The van der Waals surface area contributed by atoms with Gasteiger partial charge in [-0.05, 0) is 83.7 Å². The first-order chi connectivity index (χ1) is 22.4. The molecule has 0 atom stereocenters. The lowest BCUT2D eigenvalue weighted by atomic mass is 9.82. The Morgan fingerprint density at radius 2 is 1.12 bits per heavy atom. The highest BCUT2D eigenvalue weighted by molar-refractivity contribution is 6.29. The van der Waals surface area contributed by atoms with E-state index in [1.165, 1.54) is 0 Å². The summed E-state index contributed by atoms with van der Waals surface area (Å²) in [4.78, 5) is 0. The van der Waals surface area contributed by atoms with E-state index in [1.807, 2.05) is 60.7 Å². The molecule has 1 aliphatic rings. The Kier molecular flexibility index (Phi) is 3.76. The van der Waals surface area contributed by atoms with Crippen LogP contribution in [0.5, 0.6) is 11.5 Å². The van der Waals surface area contributed by atoms with Crippen LogP contribution in [0.4, 0.5) is 0 Å². The van der Waals surface area contributed by atoms with E-state index in [4.69, 9.17) is 11.6 Å². The van der Waals surface area contributed by atoms with Gasteiger partial charge in [-0.3, -0.25) is 0 Å². The summed E-state index contributed by atoms with van der Waals surface area (Å²) < 4.78 is 49.8. The molecule has 0 spiro atoms. The number of fused-ring (bicyclic) bond motifs is 6. The summed E-state index contributed by atoms with van der Waals surface area (Å²) >= 11 is 0. The minimum absolute atomic E-state index is 0.206. The lowest BCUT2D eigenvalue weighted by molar-refractivity contribution is 0.487. The van der Waals surface area contributed by atoms with Gasteiger partial charge < -0.3 is 4.74 Å². The van der Waals surface area contributed by atoms with E-state index < -0.39 is 6.04 Å². The Hall–Kier alpha value is -5.40. The molecule has 8 aromatic carbocycles. The van der Waals surface area contributed by atoms with Crippen LogP contribution >= 0.6 is 0 Å². The smallest absolute Gasteiger partial charge is 0.135 e. The third-order valence-corrected chi connectivity index (χ3v) is 8.33. The third-order valence-electron chi connectivity index (χ3n) is 8.33. The molecule has 8 aromatic rings. The van der Waals surface area contributed by atoms with Crippen molar-refractivity contribution in [3.8, 4) is 44.9 Å². The second kappa shape index (κ2) is 8.55. The van der Waals surface area contributed by atoms with Gasteiger partial charge in [0.2, 0.25) is 0 Å². The van der Waals surface area contributed by atoms with E-state index in [0.29, 0.717) is 5.56 Å². The molecule has 0 N–H and O–H groups in total. The molecule has 0 saturated heterocycles. The molecule has 41 heavy (non-hydrogen) atoms. The normalized spacial score (nSPS) is 13.8. The average molecular weight is 526 g/mol. The topological polar surface area (TPSA) is 9.23 Å². The van der Waals surface area contributed by atoms with E-state index >= 15 is 0 Å². The lowest BCUT2D eigenvalue weighted by Crippen LogP contribution is -1.98. The number of ether oxygens (including phenoxy) is 1. The van der Waals surface area contributed by atoms with Gasteiger partial charge in [0.05, 0.1) is 6.85 Å². The van der Waals surface area contributed by atoms with Crippen LogP contribution in [0.3, 0.4) is 0 Å². The van der Waals surface area contributed by atoms with Crippen LogP contribution in [0, 0.1) is 0 Å². The summed E-state index contributed by atoms with van der Waals surface area (Å²) in [7, 11) is 0. The summed E-state index contributed by atoms with van der Waals surface area (Å²) in [6.07, 6.45) is 0. The highest BCUT2D eigenvalue weighted by Crippen LogP contribution is 2.51. The van der Waals surface area contributed by atoms with Crippen molar-refractivity contribution in [2.24, 2.45) is 0 Å². The predicted molar refractivity (Wildman–Crippen MR) is 173 cm³/mol. The van der Waals surface area contributed by atoms with Crippen molar-refractivity contribution in [3.05, 3.63) is 145 Å². The van der Waals surface area contributed by atoms with Gasteiger partial charge >= 0.3 is 0 Å². The minimum Gasteiger partial charge on any atom is -0.456 e. The van der Waals surface area contributed by atoms with Crippen LogP contribution in [0.1, 0.15) is 6.85 Å². The molecule has 1 heterocycles. The molecule has 1 heteroatoms. The van der Waals surface area contributed by atoms with Crippen LogP contribution in [-0.2, 0) is 0 Å².